The molecule has 0 aliphatic carbocycles. The highest BCUT2D eigenvalue weighted by molar-refractivity contribution is 5.76. The fourth-order valence-corrected chi connectivity index (χ4v) is 4.46. The molecule has 0 radical (unpaired) electrons. The van der Waals surface area contributed by atoms with Crippen molar-refractivity contribution >= 4 is 5.91 Å². The average molecular weight is 596 g/mol. The zero-order valence-corrected chi connectivity index (χ0v) is 27.7. The zero-order chi connectivity index (χ0) is 31.5. The third kappa shape index (κ3) is 30.8. The van der Waals surface area contributed by atoms with Gasteiger partial charge in [0.1, 0.15) is 0 Å². The molecular weight excluding hydrogens is 530 g/mol. The molecule has 0 heterocycles. The second-order valence-corrected chi connectivity index (χ2v) is 11.2. The highest BCUT2D eigenvalue weighted by Gasteiger charge is 2.17. The molecule has 1 amide bonds. The topological polar surface area (TPSA) is 69.6 Å². The Kier molecular flexibility index (Phi) is 32.1. The number of amides is 1. The normalized spacial score (nSPS) is 14.2. The summed E-state index contributed by atoms with van der Waals surface area (Å²) in [5, 5.41) is 22.8. The van der Waals surface area contributed by atoms with Gasteiger partial charge in [-0.2, -0.15) is 0 Å². The Bertz CT molecular complexity index is 818. The van der Waals surface area contributed by atoms with Crippen LogP contribution >= 0.6 is 0 Å². The molecule has 0 aliphatic heterocycles. The van der Waals surface area contributed by atoms with Crippen LogP contribution in [0.25, 0.3) is 0 Å². The first-order chi connectivity index (χ1) is 21.2. The molecule has 0 fully saturated rings. The molecule has 0 aromatic rings. The summed E-state index contributed by atoms with van der Waals surface area (Å²) in [4.78, 5) is 12.3. The van der Waals surface area contributed by atoms with Crippen LogP contribution in [0.3, 0.4) is 0 Å². The van der Waals surface area contributed by atoms with Crippen molar-refractivity contribution in [1.82, 2.24) is 5.32 Å². The zero-order valence-electron chi connectivity index (χ0n) is 27.7. The van der Waals surface area contributed by atoms with Crippen LogP contribution in [-0.4, -0.2) is 34.9 Å². The lowest BCUT2D eigenvalue weighted by atomic mass is 10.1. The lowest BCUT2D eigenvalue weighted by molar-refractivity contribution is -0.122. The molecular formula is C39H65NO3. The average Bonchev–Trinajstić information content (AvgIpc) is 3.01. The minimum atomic E-state index is -0.888. The smallest absolute Gasteiger partial charge is 0.220 e. The molecule has 4 nitrogen and oxygen atoms in total. The van der Waals surface area contributed by atoms with Gasteiger partial charge in [-0.15, -0.1) is 0 Å². The summed E-state index contributed by atoms with van der Waals surface area (Å²) in [6.07, 6.45) is 49.5. The number of aliphatic hydroxyl groups excluding tert-OH is 2. The van der Waals surface area contributed by atoms with E-state index in [-0.39, 0.29) is 12.5 Å². The third-order valence-electron chi connectivity index (χ3n) is 7.11. The Hall–Kier alpha value is -2.43. The molecule has 4 heteroatoms. The predicted octanol–water partition coefficient (Wildman–Crippen LogP) is 10.2. The van der Waals surface area contributed by atoms with Crippen molar-refractivity contribution < 1.29 is 15.0 Å². The van der Waals surface area contributed by atoms with Gasteiger partial charge in [0, 0.05) is 6.42 Å². The number of hydrogen-bond acceptors (Lipinski definition) is 3. The van der Waals surface area contributed by atoms with Gasteiger partial charge in [-0.05, 0) is 70.6 Å². The molecule has 3 N–H and O–H groups in total. The van der Waals surface area contributed by atoms with Gasteiger partial charge in [-0.1, -0.05) is 144 Å². The lowest BCUT2D eigenvalue weighted by Crippen LogP contribution is -2.45. The molecule has 0 spiro atoms. The van der Waals surface area contributed by atoms with Crippen LogP contribution in [0.1, 0.15) is 136 Å². The Morgan fingerprint density at radius 1 is 0.581 bits per heavy atom. The van der Waals surface area contributed by atoms with Crippen molar-refractivity contribution in [2.24, 2.45) is 0 Å². The van der Waals surface area contributed by atoms with E-state index < -0.39 is 12.1 Å². The van der Waals surface area contributed by atoms with Crippen LogP contribution in [0.2, 0.25) is 0 Å². The summed E-state index contributed by atoms with van der Waals surface area (Å²) < 4.78 is 0. The molecule has 0 rings (SSSR count). The molecule has 0 saturated heterocycles. The second kappa shape index (κ2) is 34.1. The summed E-state index contributed by atoms with van der Waals surface area (Å²) in [6, 6.07) is -0.671. The summed E-state index contributed by atoms with van der Waals surface area (Å²) in [5.74, 6) is -0.136. The fraction of sp³-hybridized carbons (Fsp3) is 0.615. The lowest BCUT2D eigenvalue weighted by Gasteiger charge is -2.19. The van der Waals surface area contributed by atoms with Gasteiger partial charge in [0.05, 0.1) is 18.8 Å². The number of allylic oxidation sites excluding steroid dienone is 13. The van der Waals surface area contributed by atoms with Crippen LogP contribution in [-0.2, 0) is 4.79 Å². The van der Waals surface area contributed by atoms with Crippen molar-refractivity contribution in [3.05, 3.63) is 85.1 Å². The predicted molar refractivity (Wildman–Crippen MR) is 188 cm³/mol. The number of rotatable bonds is 29. The number of aliphatic hydroxyl groups is 2. The van der Waals surface area contributed by atoms with E-state index in [2.05, 4.69) is 92.1 Å². The van der Waals surface area contributed by atoms with E-state index in [9.17, 15) is 15.0 Å². The van der Waals surface area contributed by atoms with Crippen LogP contribution in [0.5, 0.6) is 0 Å². The van der Waals surface area contributed by atoms with Crippen molar-refractivity contribution in [3.63, 3.8) is 0 Å². The van der Waals surface area contributed by atoms with Crippen molar-refractivity contribution in [2.75, 3.05) is 6.61 Å². The molecule has 0 aromatic carbocycles. The van der Waals surface area contributed by atoms with Gasteiger partial charge in [0.2, 0.25) is 5.91 Å². The van der Waals surface area contributed by atoms with Gasteiger partial charge in [0.15, 0.2) is 0 Å². The number of hydrogen-bond donors (Lipinski definition) is 3. The largest absolute Gasteiger partial charge is 0.394 e. The fourth-order valence-electron chi connectivity index (χ4n) is 4.46. The Balaban J connectivity index is 3.86. The SMILES string of the molecule is CC/C=C\C/C=C\C/C=C\C/C=C\C/C=C\CCCC(=O)NC(CO)C(O)/C=C/CC/C=C/CCCCCCCCCC. The first-order valence-corrected chi connectivity index (χ1v) is 17.3. The summed E-state index contributed by atoms with van der Waals surface area (Å²) in [7, 11) is 0. The van der Waals surface area contributed by atoms with E-state index in [1.54, 1.807) is 6.08 Å². The maximum Gasteiger partial charge on any atom is 0.220 e. The van der Waals surface area contributed by atoms with Crippen LogP contribution in [0, 0.1) is 0 Å². The van der Waals surface area contributed by atoms with E-state index in [4.69, 9.17) is 0 Å². The van der Waals surface area contributed by atoms with Crippen LogP contribution in [0.15, 0.2) is 85.1 Å². The standard InChI is InChI=1S/C39H65NO3/c1-3-5-7-9-11-13-15-17-19-20-21-23-25-27-29-31-33-35-39(43)40-37(36-41)38(42)34-32-30-28-26-24-22-18-16-14-12-10-8-6-4-2/h5,7,11,13,17,19,21,23-24,26-27,29,32,34,37-38,41-42H,3-4,6,8-10,12,14-16,18,20,22,25,28,30-31,33,35-36H2,1-2H3,(H,40,43)/b7-5-,13-11-,19-17-,23-21-,26-24+,29-27-,34-32+. The van der Waals surface area contributed by atoms with E-state index in [1.807, 2.05) is 6.08 Å². The number of unbranched alkanes of at least 4 members (excludes halogenated alkanes) is 10. The number of carbonyl (C=O) groups excluding carboxylic acids is 1. The molecule has 0 aromatic heterocycles. The summed E-state index contributed by atoms with van der Waals surface area (Å²) in [6.45, 7) is 4.12. The first-order valence-electron chi connectivity index (χ1n) is 17.3. The van der Waals surface area contributed by atoms with Gasteiger partial charge in [0.25, 0.3) is 0 Å². The molecule has 0 aliphatic rings. The maximum atomic E-state index is 12.3. The second-order valence-electron chi connectivity index (χ2n) is 11.2. The van der Waals surface area contributed by atoms with E-state index >= 15 is 0 Å². The van der Waals surface area contributed by atoms with Gasteiger partial charge in [-0.25, -0.2) is 0 Å². The van der Waals surface area contributed by atoms with E-state index in [0.717, 1.165) is 64.2 Å². The minimum Gasteiger partial charge on any atom is -0.394 e. The highest BCUT2D eigenvalue weighted by atomic mass is 16.3. The highest BCUT2D eigenvalue weighted by Crippen LogP contribution is 2.10. The molecule has 0 saturated carbocycles. The third-order valence-corrected chi connectivity index (χ3v) is 7.11. The minimum absolute atomic E-state index is 0.136. The van der Waals surface area contributed by atoms with Gasteiger partial charge >= 0.3 is 0 Å². The Morgan fingerprint density at radius 2 is 1.05 bits per heavy atom. The molecule has 43 heavy (non-hydrogen) atoms. The van der Waals surface area contributed by atoms with Crippen molar-refractivity contribution in [2.45, 2.75) is 148 Å². The summed E-state index contributed by atoms with van der Waals surface area (Å²) >= 11 is 0. The molecule has 0 bridgehead atoms. The van der Waals surface area contributed by atoms with E-state index in [0.29, 0.717) is 6.42 Å². The van der Waals surface area contributed by atoms with Gasteiger partial charge in [-0.3, -0.25) is 4.79 Å². The van der Waals surface area contributed by atoms with Crippen LogP contribution in [0.4, 0.5) is 0 Å². The molecule has 2 atom stereocenters. The number of nitrogens with one attached hydrogen (secondary N) is 1. The Labute approximate surface area is 265 Å². The van der Waals surface area contributed by atoms with Crippen molar-refractivity contribution in [1.29, 1.82) is 0 Å². The molecule has 244 valence electrons. The van der Waals surface area contributed by atoms with Crippen molar-refractivity contribution in [3.8, 4) is 0 Å². The molecule has 2 unspecified atom stereocenters. The monoisotopic (exact) mass is 595 g/mol. The van der Waals surface area contributed by atoms with Crippen LogP contribution < -0.4 is 5.32 Å². The maximum absolute atomic E-state index is 12.3. The van der Waals surface area contributed by atoms with E-state index in [1.165, 1.54) is 51.4 Å². The summed E-state index contributed by atoms with van der Waals surface area (Å²) in [5.41, 5.74) is 0. The first kappa shape index (κ1) is 40.6. The van der Waals surface area contributed by atoms with Gasteiger partial charge < -0.3 is 15.5 Å². The quantitative estimate of drug-likeness (QED) is 0.0595. The number of carbonyl (C=O) groups is 1. The Morgan fingerprint density at radius 3 is 1.63 bits per heavy atom.